The fourth-order valence-electron chi connectivity index (χ4n) is 13.4. The Kier molecular flexibility index (Phi) is 9.98. The zero-order valence-corrected chi connectivity index (χ0v) is 43.4. The van der Waals surface area contributed by atoms with E-state index in [4.69, 9.17) is 23.2 Å². The number of fused-ring (bicyclic) bond motifs is 19. The van der Waals surface area contributed by atoms with Crippen molar-refractivity contribution in [3.63, 3.8) is 0 Å². The molecule has 0 aliphatic heterocycles. The van der Waals surface area contributed by atoms with Crippen LogP contribution in [0.2, 0.25) is 0 Å². The maximum absolute atomic E-state index is 6.74. The summed E-state index contributed by atoms with van der Waals surface area (Å²) in [6.45, 7) is 4.20. The van der Waals surface area contributed by atoms with Crippen LogP contribution >= 0.6 is 0 Å². The molecule has 1 spiro atoms. The number of rotatable bonds is 7. The van der Waals surface area contributed by atoms with E-state index in [9.17, 15) is 0 Å². The Morgan fingerprint density at radius 3 is 1.63 bits per heavy atom. The highest BCUT2D eigenvalue weighted by atomic mass is 16.3. The molecule has 0 bridgehead atoms. The van der Waals surface area contributed by atoms with Gasteiger partial charge in [0.15, 0.2) is 5.84 Å². The molecule has 5 nitrogen and oxygen atoms in total. The third-order valence-electron chi connectivity index (χ3n) is 16.6. The van der Waals surface area contributed by atoms with Crippen molar-refractivity contribution in [3.8, 4) is 44.5 Å². The number of aliphatic imine (C=N–C) groups is 2. The van der Waals surface area contributed by atoms with E-state index in [1.54, 1.807) is 0 Å². The molecule has 14 aromatic rings. The van der Waals surface area contributed by atoms with Gasteiger partial charge in [0.2, 0.25) is 0 Å². The van der Waals surface area contributed by atoms with Gasteiger partial charge in [-0.3, -0.25) is 0 Å². The molecule has 16 rings (SSSR count). The normalized spacial score (nSPS) is 13.8. The fourth-order valence-corrected chi connectivity index (χ4v) is 13.4. The predicted octanol–water partition coefficient (Wildman–Crippen LogP) is 19.8. The quantitative estimate of drug-likeness (QED) is 0.118. The topological polar surface area (TPSA) is 64.1 Å². The lowest BCUT2D eigenvalue weighted by atomic mass is 9.68. The number of nitrogens with zero attached hydrogens (tertiary/aromatic N) is 2. The van der Waals surface area contributed by atoms with Crippen molar-refractivity contribution in [1.29, 1.82) is 0 Å². The molecule has 3 heterocycles. The number of hydrogen-bond donors (Lipinski definition) is 0. The van der Waals surface area contributed by atoms with Crippen molar-refractivity contribution in [2.24, 2.45) is 9.98 Å². The molecule has 5 heteroatoms. The zero-order valence-electron chi connectivity index (χ0n) is 43.4. The Morgan fingerprint density at radius 1 is 0.392 bits per heavy atom. The van der Waals surface area contributed by atoms with E-state index in [0.717, 1.165) is 111 Å². The fraction of sp³-hybridized carbons (Fsp3) is 0.0541. The van der Waals surface area contributed by atoms with Gasteiger partial charge in [-0.25, -0.2) is 9.98 Å². The molecule has 0 saturated heterocycles. The third kappa shape index (κ3) is 6.63. The summed E-state index contributed by atoms with van der Waals surface area (Å²) < 4.78 is 19.8. The number of hydrogen-bond acceptors (Lipinski definition) is 4. The highest BCUT2D eigenvalue weighted by Crippen LogP contribution is 2.64. The first kappa shape index (κ1) is 45.1. The van der Waals surface area contributed by atoms with Crippen LogP contribution in [0.25, 0.3) is 116 Å². The summed E-state index contributed by atoms with van der Waals surface area (Å²) in [5.41, 5.74) is 23.8. The molecular formula is C74H48N2O3. The summed E-state index contributed by atoms with van der Waals surface area (Å²) in [5, 5.41) is 6.09. The highest BCUT2D eigenvalue weighted by Gasteiger charge is 2.52. The van der Waals surface area contributed by atoms with Gasteiger partial charge < -0.3 is 13.3 Å². The maximum Gasteiger partial charge on any atom is 0.160 e. The average Bonchev–Trinajstić information content (AvgIpc) is 3.40. The minimum atomic E-state index is -0.464. The summed E-state index contributed by atoms with van der Waals surface area (Å²) in [4.78, 5) is 11.2. The van der Waals surface area contributed by atoms with Gasteiger partial charge in [-0.2, -0.15) is 0 Å². The van der Waals surface area contributed by atoms with Crippen LogP contribution in [0.15, 0.2) is 266 Å². The van der Waals surface area contributed by atoms with Crippen LogP contribution in [-0.4, -0.2) is 11.5 Å². The second-order valence-corrected chi connectivity index (χ2v) is 20.9. The number of allylic oxidation sites excluding steroid dienone is 1. The maximum atomic E-state index is 6.74. The molecular weight excluding hydrogens is 965 g/mol. The van der Waals surface area contributed by atoms with Crippen LogP contribution in [0.3, 0.4) is 0 Å². The Labute approximate surface area is 455 Å². The molecule has 0 fully saturated rings. The first-order valence-corrected chi connectivity index (χ1v) is 27.2. The van der Waals surface area contributed by atoms with Crippen molar-refractivity contribution >= 4 is 83.1 Å². The lowest BCUT2D eigenvalue weighted by Crippen LogP contribution is -2.26. The minimum Gasteiger partial charge on any atom is -0.456 e. The molecule has 0 unspecified atom stereocenters. The molecule has 372 valence electrons. The van der Waals surface area contributed by atoms with Gasteiger partial charge in [-0.05, 0) is 129 Å². The van der Waals surface area contributed by atoms with E-state index in [-0.39, 0.29) is 0 Å². The molecule has 0 atom stereocenters. The standard InChI is InChI=1S/C74H48N2O3/c1-3-19-63(76-73(58-32-18-39-68-70(58)57-26-8-13-37-65(57)77-68)75-44(2)48-27-15-30-55-53-25-7-12-36-64(53)79-72(48)55)56-31-17-38-67-69(56)59-43-46(40-41-66(59)78-67)45-20-14-21-47(42-45)49-28-16-29-54-52-24-6-11-35-62(52)74(71(49)54)60-33-9-4-22-50(60)51-23-5-10-34-61(51)74/h4-43H,3H2,1-2H3/b63-19-,75-44?,76-73?. The lowest BCUT2D eigenvalue weighted by molar-refractivity contribution is 0.668. The Morgan fingerprint density at radius 2 is 0.899 bits per heavy atom. The Bertz CT molecular complexity index is 4910. The van der Waals surface area contributed by atoms with Gasteiger partial charge in [-0.1, -0.05) is 201 Å². The molecule has 11 aromatic carbocycles. The summed E-state index contributed by atoms with van der Waals surface area (Å²) in [7, 11) is 0. The van der Waals surface area contributed by atoms with E-state index < -0.39 is 5.41 Å². The second-order valence-electron chi connectivity index (χ2n) is 20.9. The monoisotopic (exact) mass is 1010 g/mol. The number of furan rings is 3. The van der Waals surface area contributed by atoms with Crippen molar-refractivity contribution in [1.82, 2.24) is 0 Å². The van der Waals surface area contributed by atoms with Gasteiger partial charge in [0.05, 0.1) is 16.8 Å². The van der Waals surface area contributed by atoms with Crippen LogP contribution in [0, 0.1) is 0 Å². The zero-order chi connectivity index (χ0) is 52.3. The summed E-state index contributed by atoms with van der Waals surface area (Å²) in [5.74, 6) is 0.562. The number of benzene rings is 11. The van der Waals surface area contributed by atoms with Gasteiger partial charge in [0, 0.05) is 49.0 Å². The van der Waals surface area contributed by atoms with E-state index >= 15 is 0 Å². The summed E-state index contributed by atoms with van der Waals surface area (Å²) >= 11 is 0. The van der Waals surface area contributed by atoms with Crippen LogP contribution in [-0.2, 0) is 5.41 Å². The summed E-state index contributed by atoms with van der Waals surface area (Å²) in [6.07, 6.45) is 2.94. The third-order valence-corrected chi connectivity index (χ3v) is 16.6. The molecule has 2 aliphatic rings. The minimum absolute atomic E-state index is 0.464. The van der Waals surface area contributed by atoms with Crippen molar-refractivity contribution in [3.05, 3.63) is 282 Å². The molecule has 79 heavy (non-hydrogen) atoms. The second kappa shape index (κ2) is 17.5. The van der Waals surface area contributed by atoms with Gasteiger partial charge in [-0.15, -0.1) is 0 Å². The molecule has 0 radical (unpaired) electrons. The van der Waals surface area contributed by atoms with Gasteiger partial charge >= 0.3 is 0 Å². The first-order chi connectivity index (χ1) is 39.0. The van der Waals surface area contributed by atoms with Crippen molar-refractivity contribution in [2.75, 3.05) is 0 Å². The molecule has 2 aliphatic carbocycles. The first-order valence-electron chi connectivity index (χ1n) is 27.2. The largest absolute Gasteiger partial charge is 0.456 e. The Balaban J connectivity index is 0.859. The van der Waals surface area contributed by atoms with Crippen LogP contribution < -0.4 is 0 Å². The molecule has 0 amide bonds. The predicted molar refractivity (Wildman–Crippen MR) is 325 cm³/mol. The lowest BCUT2D eigenvalue weighted by Gasteiger charge is -2.32. The number of amidine groups is 1. The van der Waals surface area contributed by atoms with Crippen molar-refractivity contribution < 1.29 is 13.3 Å². The SMILES string of the molecule is CC/C=C(\N=C(N=C(C)c1cccc2c1oc1ccccc12)c1cccc2oc3ccccc3c12)c1cccc2oc3ccc(-c4cccc(-c5cccc6c5C5(c7ccccc7-c7ccccc75)c5ccccc5-6)c4)cc3c12. The highest BCUT2D eigenvalue weighted by molar-refractivity contribution is 6.24. The van der Waals surface area contributed by atoms with Crippen LogP contribution in [0.4, 0.5) is 0 Å². The van der Waals surface area contributed by atoms with Gasteiger partial charge in [0.25, 0.3) is 0 Å². The smallest absolute Gasteiger partial charge is 0.160 e. The number of para-hydroxylation sites is 3. The molecule has 3 aromatic heterocycles. The van der Waals surface area contributed by atoms with Crippen molar-refractivity contribution in [2.45, 2.75) is 25.7 Å². The average molecular weight is 1010 g/mol. The molecule has 0 N–H and O–H groups in total. The van der Waals surface area contributed by atoms with Crippen LogP contribution in [0.5, 0.6) is 0 Å². The van der Waals surface area contributed by atoms with E-state index in [0.29, 0.717) is 5.84 Å². The summed E-state index contributed by atoms with van der Waals surface area (Å²) in [6, 6.07) is 84.7. The Hall–Kier alpha value is -10.1. The molecule has 0 saturated carbocycles. The van der Waals surface area contributed by atoms with Crippen LogP contribution in [0.1, 0.15) is 59.2 Å². The van der Waals surface area contributed by atoms with E-state index in [1.807, 2.05) is 49.4 Å². The van der Waals surface area contributed by atoms with E-state index in [2.05, 4.69) is 207 Å². The van der Waals surface area contributed by atoms with E-state index in [1.165, 1.54) is 55.6 Å². The van der Waals surface area contributed by atoms with Gasteiger partial charge in [0.1, 0.15) is 33.5 Å².